The van der Waals surface area contributed by atoms with Gasteiger partial charge in [-0.05, 0) is 36.2 Å². The molecule has 8 heteroatoms. The smallest absolute Gasteiger partial charge is 0.335 e. The zero-order valence-corrected chi connectivity index (χ0v) is 14.1. The molecule has 0 aliphatic rings. The molecule has 0 bridgehead atoms. The molecule has 0 aliphatic heterocycles. The molecular weight excluding hydrogens is 346 g/mol. The molecule has 0 aliphatic carbocycles. The molecule has 7 nitrogen and oxygen atoms in total. The number of hydrogen-bond acceptors (Lipinski definition) is 5. The average molecular weight is 363 g/mol. The van der Waals surface area contributed by atoms with E-state index in [4.69, 9.17) is 9.84 Å². The first-order valence-electron chi connectivity index (χ1n) is 7.50. The van der Waals surface area contributed by atoms with Gasteiger partial charge in [0.2, 0.25) is 0 Å². The quantitative estimate of drug-likeness (QED) is 0.417. The number of rotatable bonds is 9. The Hall–Kier alpha value is -2.74. The van der Waals surface area contributed by atoms with Crippen LogP contribution in [0, 0.1) is 10.1 Å². The number of nitrogens with zero attached hydrogens (tertiary/aromatic N) is 1. The summed E-state index contributed by atoms with van der Waals surface area (Å²) in [7, 11) is -1.08. The molecule has 0 spiro atoms. The van der Waals surface area contributed by atoms with Gasteiger partial charge in [-0.15, -0.1) is 0 Å². The molecule has 0 aromatic heterocycles. The Labute approximate surface area is 146 Å². The first-order chi connectivity index (χ1) is 12.0. The van der Waals surface area contributed by atoms with Gasteiger partial charge in [-0.3, -0.25) is 14.3 Å². The molecule has 1 atom stereocenters. The van der Waals surface area contributed by atoms with Crippen molar-refractivity contribution < 1.29 is 23.8 Å². The second-order valence-corrected chi connectivity index (χ2v) is 6.82. The lowest BCUT2D eigenvalue weighted by Gasteiger charge is -2.07. The van der Waals surface area contributed by atoms with Gasteiger partial charge >= 0.3 is 5.97 Å². The number of carboxylic acid groups (broad SMARTS) is 1. The van der Waals surface area contributed by atoms with E-state index in [-0.39, 0.29) is 11.3 Å². The minimum atomic E-state index is -1.08. The predicted octanol–water partition coefficient (Wildman–Crippen LogP) is 3.01. The molecule has 0 saturated heterocycles. The highest BCUT2D eigenvalue weighted by Gasteiger charge is 2.07. The summed E-state index contributed by atoms with van der Waals surface area (Å²) in [4.78, 5) is 20.9. The van der Waals surface area contributed by atoms with E-state index < -0.39 is 21.7 Å². The average Bonchev–Trinajstić information content (AvgIpc) is 2.59. The third-order valence-electron chi connectivity index (χ3n) is 3.36. The molecule has 0 fully saturated rings. The lowest BCUT2D eigenvalue weighted by molar-refractivity contribution is -0.384. The van der Waals surface area contributed by atoms with Gasteiger partial charge in [0, 0.05) is 34.4 Å². The van der Waals surface area contributed by atoms with E-state index in [1.807, 2.05) is 0 Å². The van der Waals surface area contributed by atoms with Crippen LogP contribution in [0.3, 0.4) is 0 Å². The topological polar surface area (TPSA) is 107 Å². The largest absolute Gasteiger partial charge is 0.494 e. The molecule has 1 unspecified atom stereocenters. The first kappa shape index (κ1) is 18.6. The Balaban J connectivity index is 1.71. The van der Waals surface area contributed by atoms with Crippen LogP contribution in [0.4, 0.5) is 5.69 Å². The molecule has 25 heavy (non-hydrogen) atoms. The van der Waals surface area contributed by atoms with Crippen molar-refractivity contribution >= 4 is 22.5 Å². The monoisotopic (exact) mass is 363 g/mol. The van der Waals surface area contributed by atoms with Crippen molar-refractivity contribution in [3.8, 4) is 5.75 Å². The predicted molar refractivity (Wildman–Crippen MR) is 93.3 cm³/mol. The van der Waals surface area contributed by atoms with Crippen LogP contribution in [0.1, 0.15) is 22.3 Å². The highest BCUT2D eigenvalue weighted by Crippen LogP contribution is 2.14. The first-order valence-corrected chi connectivity index (χ1v) is 8.99. The number of non-ortho nitro benzene ring substituents is 1. The fraction of sp³-hybridized carbons (Fsp3) is 0.235. The Morgan fingerprint density at radius 1 is 1.12 bits per heavy atom. The lowest BCUT2D eigenvalue weighted by Crippen LogP contribution is -2.06. The summed E-state index contributed by atoms with van der Waals surface area (Å²) >= 11 is 0. The van der Waals surface area contributed by atoms with Crippen LogP contribution >= 0.6 is 0 Å². The number of carboxylic acids is 1. The minimum Gasteiger partial charge on any atom is -0.494 e. The molecule has 0 radical (unpaired) electrons. The van der Waals surface area contributed by atoms with Gasteiger partial charge in [-0.2, -0.15) is 0 Å². The molecule has 0 saturated carbocycles. The SMILES string of the molecule is O=C(O)c1ccc(OCCCS(=O)Cc2ccc([N+](=O)[O-])cc2)cc1. The summed E-state index contributed by atoms with van der Waals surface area (Å²) in [6.45, 7) is 0.373. The van der Waals surface area contributed by atoms with Gasteiger partial charge in [-0.25, -0.2) is 4.79 Å². The van der Waals surface area contributed by atoms with Gasteiger partial charge in [0.25, 0.3) is 5.69 Å². The van der Waals surface area contributed by atoms with Crippen LogP contribution in [0.5, 0.6) is 5.75 Å². The third-order valence-corrected chi connectivity index (χ3v) is 4.76. The minimum absolute atomic E-state index is 0.0110. The summed E-state index contributed by atoms with van der Waals surface area (Å²) in [5.74, 6) is 0.356. The van der Waals surface area contributed by atoms with E-state index in [1.54, 1.807) is 24.3 Å². The third kappa shape index (κ3) is 6.00. The van der Waals surface area contributed by atoms with Crippen LogP contribution in [-0.4, -0.2) is 32.6 Å². The second kappa shape index (κ2) is 8.93. The van der Waals surface area contributed by atoms with E-state index in [0.29, 0.717) is 30.3 Å². The van der Waals surface area contributed by atoms with Crippen LogP contribution in [0.15, 0.2) is 48.5 Å². The Morgan fingerprint density at radius 2 is 1.76 bits per heavy atom. The van der Waals surface area contributed by atoms with Crippen molar-refractivity contribution in [3.05, 3.63) is 69.8 Å². The zero-order valence-electron chi connectivity index (χ0n) is 13.3. The lowest BCUT2D eigenvalue weighted by atomic mass is 10.2. The van der Waals surface area contributed by atoms with Crippen molar-refractivity contribution in [1.82, 2.24) is 0 Å². The zero-order chi connectivity index (χ0) is 18.2. The number of ether oxygens (including phenoxy) is 1. The fourth-order valence-corrected chi connectivity index (χ4v) is 3.22. The number of nitro benzene ring substituents is 1. The Bertz CT molecular complexity index is 758. The summed E-state index contributed by atoms with van der Waals surface area (Å²) in [5.41, 5.74) is 0.988. The second-order valence-electron chi connectivity index (χ2n) is 5.24. The molecular formula is C17H17NO6S. The molecule has 2 rings (SSSR count). The molecule has 0 amide bonds. The normalized spacial score (nSPS) is 11.7. The fourth-order valence-electron chi connectivity index (χ4n) is 2.08. The van der Waals surface area contributed by atoms with Crippen molar-refractivity contribution in [1.29, 1.82) is 0 Å². The number of aromatic carboxylic acids is 1. The molecule has 132 valence electrons. The molecule has 1 N–H and O–H groups in total. The van der Waals surface area contributed by atoms with Gasteiger partial charge in [0.1, 0.15) is 5.75 Å². The van der Waals surface area contributed by atoms with E-state index in [9.17, 15) is 19.1 Å². The van der Waals surface area contributed by atoms with Crippen LogP contribution in [-0.2, 0) is 16.6 Å². The van der Waals surface area contributed by atoms with Crippen LogP contribution < -0.4 is 4.74 Å². The van der Waals surface area contributed by atoms with E-state index >= 15 is 0 Å². The maximum Gasteiger partial charge on any atom is 0.335 e. The van der Waals surface area contributed by atoms with Crippen molar-refractivity contribution in [2.75, 3.05) is 12.4 Å². The summed E-state index contributed by atoms with van der Waals surface area (Å²) < 4.78 is 17.5. The van der Waals surface area contributed by atoms with Crippen molar-refractivity contribution in [2.45, 2.75) is 12.2 Å². The van der Waals surface area contributed by atoms with E-state index in [1.165, 1.54) is 24.3 Å². The van der Waals surface area contributed by atoms with Gasteiger partial charge in [0.15, 0.2) is 0 Å². The number of nitro groups is 1. The van der Waals surface area contributed by atoms with E-state index in [0.717, 1.165) is 5.56 Å². The molecule has 2 aromatic rings. The standard InChI is InChI=1S/C17H17NO6S/c19-17(20)14-4-8-16(9-5-14)24-10-1-11-25(23)12-13-2-6-15(7-3-13)18(21)22/h2-9H,1,10-12H2,(H,19,20). The van der Waals surface area contributed by atoms with Gasteiger partial charge in [0.05, 0.1) is 17.1 Å². The molecule has 0 heterocycles. The number of carbonyl (C=O) groups is 1. The van der Waals surface area contributed by atoms with Gasteiger partial charge < -0.3 is 9.84 Å². The van der Waals surface area contributed by atoms with Crippen LogP contribution in [0.2, 0.25) is 0 Å². The summed E-state index contributed by atoms with van der Waals surface area (Å²) in [6, 6.07) is 12.1. The maximum atomic E-state index is 12.0. The molecule has 2 aromatic carbocycles. The highest BCUT2D eigenvalue weighted by molar-refractivity contribution is 7.84. The number of benzene rings is 2. The summed E-state index contributed by atoms with van der Waals surface area (Å²) in [5, 5.41) is 19.4. The maximum absolute atomic E-state index is 12.0. The van der Waals surface area contributed by atoms with Crippen molar-refractivity contribution in [2.24, 2.45) is 0 Å². The number of hydrogen-bond donors (Lipinski definition) is 1. The highest BCUT2D eigenvalue weighted by atomic mass is 32.2. The van der Waals surface area contributed by atoms with Gasteiger partial charge in [-0.1, -0.05) is 12.1 Å². The summed E-state index contributed by atoms with van der Waals surface area (Å²) in [6.07, 6.45) is 0.584. The van der Waals surface area contributed by atoms with Crippen molar-refractivity contribution in [3.63, 3.8) is 0 Å². The Kier molecular flexibility index (Phi) is 6.64. The Morgan fingerprint density at radius 3 is 2.32 bits per heavy atom. The van der Waals surface area contributed by atoms with E-state index in [2.05, 4.69) is 0 Å². The van der Waals surface area contributed by atoms with Crippen LogP contribution in [0.25, 0.3) is 0 Å².